The fourth-order valence-corrected chi connectivity index (χ4v) is 2.01. The topological polar surface area (TPSA) is 51.2 Å². The summed E-state index contributed by atoms with van der Waals surface area (Å²) in [6, 6.07) is 11.3. The van der Waals surface area contributed by atoms with Crippen LogP contribution in [0.2, 0.25) is 0 Å². The molecular formula is C13H16N2O. The van der Waals surface area contributed by atoms with Crippen LogP contribution in [0.25, 0.3) is 0 Å². The van der Waals surface area contributed by atoms with Crippen LogP contribution in [-0.2, 0) is 7.05 Å². The van der Waals surface area contributed by atoms with Crippen LogP contribution in [0.3, 0.4) is 0 Å². The number of aryl methyl sites for hydroxylation is 1. The molecule has 3 nitrogen and oxygen atoms in total. The number of nitrogens with zero attached hydrogens (tertiary/aromatic N) is 1. The van der Waals surface area contributed by atoms with Gasteiger partial charge in [-0.3, -0.25) is 0 Å². The van der Waals surface area contributed by atoms with Crippen molar-refractivity contribution in [2.45, 2.75) is 5.92 Å². The lowest BCUT2D eigenvalue weighted by Gasteiger charge is -2.16. The lowest BCUT2D eigenvalue weighted by molar-refractivity contribution is 0.474. The average molecular weight is 216 g/mol. The van der Waals surface area contributed by atoms with Gasteiger partial charge in [0.1, 0.15) is 5.75 Å². The summed E-state index contributed by atoms with van der Waals surface area (Å²) in [5.41, 5.74) is 8.03. The first-order valence-corrected chi connectivity index (χ1v) is 5.32. The molecule has 1 heterocycles. The summed E-state index contributed by atoms with van der Waals surface area (Å²) in [4.78, 5) is 0. The number of nitrogens with two attached hydrogens (primary N) is 1. The van der Waals surface area contributed by atoms with Gasteiger partial charge in [-0.2, -0.15) is 0 Å². The van der Waals surface area contributed by atoms with Gasteiger partial charge in [0.15, 0.2) is 0 Å². The molecule has 0 aliphatic carbocycles. The van der Waals surface area contributed by atoms with Crippen LogP contribution in [0.5, 0.6) is 5.75 Å². The largest absolute Gasteiger partial charge is 0.508 e. The van der Waals surface area contributed by atoms with Crippen molar-refractivity contribution in [3.8, 4) is 5.75 Å². The lowest BCUT2D eigenvalue weighted by atomic mass is 9.95. The van der Waals surface area contributed by atoms with Crippen LogP contribution in [0.1, 0.15) is 17.2 Å². The van der Waals surface area contributed by atoms with Gasteiger partial charge < -0.3 is 15.4 Å². The molecule has 0 amide bonds. The summed E-state index contributed by atoms with van der Waals surface area (Å²) in [6.07, 6.45) is 2.00. The molecule has 0 fully saturated rings. The van der Waals surface area contributed by atoms with E-state index in [1.54, 1.807) is 12.1 Å². The highest BCUT2D eigenvalue weighted by molar-refractivity contribution is 5.35. The maximum Gasteiger partial charge on any atom is 0.115 e. The third-order valence-electron chi connectivity index (χ3n) is 2.85. The molecule has 1 aromatic heterocycles. The summed E-state index contributed by atoms with van der Waals surface area (Å²) in [5, 5.41) is 9.48. The maximum atomic E-state index is 9.48. The maximum absolute atomic E-state index is 9.48. The number of phenols is 1. The minimum atomic E-state index is 0.132. The second kappa shape index (κ2) is 4.41. The second-order valence-corrected chi connectivity index (χ2v) is 3.93. The molecule has 1 unspecified atom stereocenters. The third-order valence-corrected chi connectivity index (χ3v) is 2.85. The van der Waals surface area contributed by atoms with E-state index in [0.717, 1.165) is 11.3 Å². The number of phenolic OH excluding ortho intramolecular Hbond substituents is 1. The van der Waals surface area contributed by atoms with Crippen molar-refractivity contribution in [3.63, 3.8) is 0 Å². The van der Waals surface area contributed by atoms with Crippen LogP contribution in [0.15, 0.2) is 42.6 Å². The van der Waals surface area contributed by atoms with Gasteiger partial charge in [0.2, 0.25) is 0 Å². The molecular weight excluding hydrogens is 200 g/mol. The summed E-state index contributed by atoms with van der Waals surface area (Å²) in [6.45, 7) is 0.529. The zero-order chi connectivity index (χ0) is 11.5. The Labute approximate surface area is 95.1 Å². The summed E-state index contributed by atoms with van der Waals surface area (Å²) in [5.74, 6) is 0.414. The highest BCUT2D eigenvalue weighted by Gasteiger charge is 2.14. The third kappa shape index (κ3) is 1.95. The molecule has 1 aromatic carbocycles. The number of benzene rings is 1. The van der Waals surface area contributed by atoms with E-state index < -0.39 is 0 Å². The van der Waals surface area contributed by atoms with Crippen molar-refractivity contribution in [3.05, 3.63) is 53.9 Å². The van der Waals surface area contributed by atoms with Crippen molar-refractivity contribution in [1.82, 2.24) is 4.57 Å². The Morgan fingerprint density at radius 1 is 1.31 bits per heavy atom. The van der Waals surface area contributed by atoms with Crippen LogP contribution in [0.4, 0.5) is 0 Å². The van der Waals surface area contributed by atoms with E-state index >= 15 is 0 Å². The first-order valence-electron chi connectivity index (χ1n) is 5.32. The van der Waals surface area contributed by atoms with E-state index in [-0.39, 0.29) is 11.7 Å². The first-order chi connectivity index (χ1) is 7.72. The highest BCUT2D eigenvalue weighted by atomic mass is 16.3. The molecule has 0 radical (unpaired) electrons. The molecule has 2 aromatic rings. The predicted octanol–water partition coefficient (Wildman–Crippen LogP) is 1.82. The van der Waals surface area contributed by atoms with E-state index in [9.17, 15) is 5.11 Å². The molecule has 3 heteroatoms. The summed E-state index contributed by atoms with van der Waals surface area (Å²) < 4.78 is 2.06. The zero-order valence-electron chi connectivity index (χ0n) is 9.30. The fourth-order valence-electron chi connectivity index (χ4n) is 2.01. The highest BCUT2D eigenvalue weighted by Crippen LogP contribution is 2.25. The average Bonchev–Trinajstić information content (AvgIpc) is 2.67. The molecule has 2 rings (SSSR count). The number of aromatic nitrogens is 1. The van der Waals surface area contributed by atoms with Crippen molar-refractivity contribution in [1.29, 1.82) is 0 Å². The Kier molecular flexibility index (Phi) is 2.97. The summed E-state index contributed by atoms with van der Waals surface area (Å²) in [7, 11) is 2.00. The standard InChI is InChI=1S/C13H16N2O/c1-15-7-3-6-13(15)12(9-14)10-4-2-5-11(16)8-10/h2-8,12,16H,9,14H2,1H3. The van der Waals surface area contributed by atoms with E-state index in [1.165, 1.54) is 0 Å². The van der Waals surface area contributed by atoms with Crippen molar-refractivity contribution in [2.24, 2.45) is 12.8 Å². The molecule has 16 heavy (non-hydrogen) atoms. The monoisotopic (exact) mass is 216 g/mol. The Bertz CT molecular complexity index is 476. The molecule has 0 saturated carbocycles. The molecule has 3 N–H and O–H groups in total. The quantitative estimate of drug-likeness (QED) is 0.822. The second-order valence-electron chi connectivity index (χ2n) is 3.93. The smallest absolute Gasteiger partial charge is 0.115 e. The molecule has 1 atom stereocenters. The lowest BCUT2D eigenvalue weighted by Crippen LogP contribution is -2.16. The van der Waals surface area contributed by atoms with Gasteiger partial charge in [-0.25, -0.2) is 0 Å². The van der Waals surface area contributed by atoms with E-state index in [4.69, 9.17) is 5.73 Å². The minimum Gasteiger partial charge on any atom is -0.508 e. The van der Waals surface area contributed by atoms with Crippen molar-refractivity contribution < 1.29 is 5.11 Å². The number of rotatable bonds is 3. The van der Waals surface area contributed by atoms with Gasteiger partial charge in [0.05, 0.1) is 0 Å². The van der Waals surface area contributed by atoms with Gasteiger partial charge in [-0.05, 0) is 29.8 Å². The van der Waals surface area contributed by atoms with Gasteiger partial charge in [-0.15, -0.1) is 0 Å². The molecule has 0 aliphatic rings. The molecule has 0 aliphatic heterocycles. The molecule has 0 saturated heterocycles. The molecule has 0 spiro atoms. The number of hydrogen-bond acceptors (Lipinski definition) is 2. The van der Waals surface area contributed by atoms with Gasteiger partial charge in [-0.1, -0.05) is 12.1 Å². The number of aromatic hydroxyl groups is 1. The zero-order valence-corrected chi connectivity index (χ0v) is 9.30. The van der Waals surface area contributed by atoms with Crippen LogP contribution in [0, 0.1) is 0 Å². The Morgan fingerprint density at radius 3 is 2.69 bits per heavy atom. The Hall–Kier alpha value is -1.74. The van der Waals surface area contributed by atoms with Gasteiger partial charge >= 0.3 is 0 Å². The molecule has 0 bridgehead atoms. The van der Waals surface area contributed by atoms with Crippen molar-refractivity contribution >= 4 is 0 Å². The first kappa shape index (κ1) is 10.8. The van der Waals surface area contributed by atoms with Crippen LogP contribution >= 0.6 is 0 Å². The normalized spacial score (nSPS) is 12.6. The Morgan fingerprint density at radius 2 is 2.12 bits per heavy atom. The Balaban J connectivity index is 2.40. The molecule has 84 valence electrons. The van der Waals surface area contributed by atoms with E-state index in [0.29, 0.717) is 6.54 Å². The van der Waals surface area contributed by atoms with Crippen molar-refractivity contribution in [2.75, 3.05) is 6.54 Å². The van der Waals surface area contributed by atoms with E-state index in [2.05, 4.69) is 10.6 Å². The van der Waals surface area contributed by atoms with Gasteiger partial charge in [0.25, 0.3) is 0 Å². The predicted molar refractivity (Wildman–Crippen MR) is 64.4 cm³/mol. The SMILES string of the molecule is Cn1cccc1C(CN)c1cccc(O)c1. The van der Waals surface area contributed by atoms with Gasteiger partial charge in [0, 0.05) is 31.4 Å². The van der Waals surface area contributed by atoms with Crippen LogP contribution < -0.4 is 5.73 Å². The summed E-state index contributed by atoms with van der Waals surface area (Å²) >= 11 is 0. The fraction of sp³-hybridized carbons (Fsp3) is 0.231. The van der Waals surface area contributed by atoms with E-state index in [1.807, 2.05) is 31.4 Å². The van der Waals surface area contributed by atoms with Crippen LogP contribution in [-0.4, -0.2) is 16.2 Å². The number of hydrogen-bond donors (Lipinski definition) is 2. The minimum absolute atomic E-state index is 0.132.